The fraction of sp³-hybridized carbons (Fsp3) is 0.353. The van der Waals surface area contributed by atoms with Gasteiger partial charge in [-0.2, -0.15) is 0 Å². The lowest BCUT2D eigenvalue weighted by Crippen LogP contribution is -2.35. The number of nitrogens with zero attached hydrogens (tertiary/aromatic N) is 1. The van der Waals surface area contributed by atoms with Crippen LogP contribution in [0.5, 0.6) is 0 Å². The van der Waals surface area contributed by atoms with E-state index in [1.54, 1.807) is 19.1 Å². The summed E-state index contributed by atoms with van der Waals surface area (Å²) in [5, 5.41) is 3.32. The maximum Gasteiger partial charge on any atom is 0.350 e. The van der Waals surface area contributed by atoms with Crippen LogP contribution in [0.4, 0.5) is 4.39 Å². The number of carbonyl (C=O) groups is 2. The summed E-state index contributed by atoms with van der Waals surface area (Å²) < 4.78 is 18.0. The van der Waals surface area contributed by atoms with Crippen molar-refractivity contribution in [2.75, 3.05) is 6.61 Å². The van der Waals surface area contributed by atoms with E-state index in [4.69, 9.17) is 4.74 Å². The first-order valence-electron chi connectivity index (χ1n) is 7.60. The van der Waals surface area contributed by atoms with Gasteiger partial charge >= 0.3 is 5.97 Å². The van der Waals surface area contributed by atoms with Crippen LogP contribution in [0.3, 0.4) is 0 Å². The molecular formula is C17H19FN2O3S. The number of halogens is 1. The van der Waals surface area contributed by atoms with Crippen molar-refractivity contribution in [1.82, 2.24) is 10.3 Å². The molecule has 0 radical (unpaired) electrons. The van der Waals surface area contributed by atoms with Crippen LogP contribution in [0.15, 0.2) is 24.3 Å². The van der Waals surface area contributed by atoms with Gasteiger partial charge in [-0.1, -0.05) is 6.92 Å². The topological polar surface area (TPSA) is 68.3 Å². The van der Waals surface area contributed by atoms with Crippen LogP contribution in [-0.4, -0.2) is 29.5 Å². The zero-order valence-corrected chi connectivity index (χ0v) is 14.6. The average Bonchev–Trinajstić information content (AvgIpc) is 2.95. The van der Waals surface area contributed by atoms with Crippen LogP contribution in [0.25, 0.3) is 10.6 Å². The lowest BCUT2D eigenvalue weighted by Gasteiger charge is -2.11. The first-order chi connectivity index (χ1) is 11.4. The van der Waals surface area contributed by atoms with Gasteiger partial charge in [0.1, 0.15) is 15.7 Å². The van der Waals surface area contributed by atoms with E-state index in [1.165, 1.54) is 12.1 Å². The Morgan fingerprint density at radius 3 is 2.62 bits per heavy atom. The summed E-state index contributed by atoms with van der Waals surface area (Å²) in [6.07, 6.45) is 0.800. The first kappa shape index (κ1) is 18.1. The van der Waals surface area contributed by atoms with Gasteiger partial charge in [-0.3, -0.25) is 4.79 Å². The average molecular weight is 350 g/mol. The molecular weight excluding hydrogens is 331 g/mol. The van der Waals surface area contributed by atoms with Gasteiger partial charge in [0.25, 0.3) is 5.91 Å². The lowest BCUT2D eigenvalue weighted by molar-refractivity contribution is -0.124. The maximum atomic E-state index is 13.0. The number of nitrogens with one attached hydrogen (secondary N) is 1. The Morgan fingerprint density at radius 2 is 2.00 bits per heavy atom. The molecule has 1 atom stereocenters. The highest BCUT2D eigenvalue weighted by Crippen LogP contribution is 2.28. The summed E-state index contributed by atoms with van der Waals surface area (Å²) in [5.41, 5.74) is 1.24. The smallest absolute Gasteiger partial charge is 0.350 e. The molecule has 0 saturated heterocycles. The summed E-state index contributed by atoms with van der Waals surface area (Å²) in [6, 6.07) is 5.91. The molecule has 1 aromatic carbocycles. The number of thiazole rings is 1. The number of amides is 1. The number of benzene rings is 1. The Labute approximate surface area is 143 Å². The first-order valence-corrected chi connectivity index (χ1v) is 8.42. The third-order valence-corrected chi connectivity index (χ3v) is 4.61. The predicted molar refractivity (Wildman–Crippen MR) is 90.4 cm³/mol. The number of aromatic nitrogens is 1. The zero-order valence-electron chi connectivity index (χ0n) is 13.8. The van der Waals surface area contributed by atoms with Crippen molar-refractivity contribution in [3.8, 4) is 10.6 Å². The minimum atomic E-state index is -0.585. The van der Waals surface area contributed by atoms with Gasteiger partial charge in [-0.25, -0.2) is 14.2 Å². The molecule has 7 heteroatoms. The SMILES string of the molecule is CC[C@@H](C)NC(=O)COC(=O)c1sc(-c2ccc(F)cc2)nc1C. The number of aryl methyl sites for hydroxylation is 1. The molecule has 0 fully saturated rings. The van der Waals surface area contributed by atoms with Crippen molar-refractivity contribution in [1.29, 1.82) is 0 Å². The number of hydrogen-bond acceptors (Lipinski definition) is 5. The van der Waals surface area contributed by atoms with E-state index in [2.05, 4.69) is 10.3 Å². The van der Waals surface area contributed by atoms with Crippen molar-refractivity contribution in [2.45, 2.75) is 33.2 Å². The summed E-state index contributed by atoms with van der Waals surface area (Å²) in [4.78, 5) is 28.4. The van der Waals surface area contributed by atoms with E-state index < -0.39 is 5.97 Å². The normalized spacial score (nSPS) is 11.8. The molecule has 2 aromatic rings. The Morgan fingerprint density at radius 1 is 1.33 bits per heavy atom. The van der Waals surface area contributed by atoms with Crippen molar-refractivity contribution < 1.29 is 18.7 Å². The van der Waals surface area contributed by atoms with Gasteiger partial charge in [-0.15, -0.1) is 11.3 Å². The third kappa shape index (κ3) is 4.61. The Kier molecular flexibility index (Phi) is 6.03. The number of ether oxygens (including phenoxy) is 1. The van der Waals surface area contributed by atoms with Crippen LogP contribution in [0, 0.1) is 12.7 Å². The molecule has 1 heterocycles. The van der Waals surface area contributed by atoms with E-state index >= 15 is 0 Å². The van der Waals surface area contributed by atoms with Gasteiger partial charge < -0.3 is 10.1 Å². The standard InChI is InChI=1S/C17H19FN2O3S/c1-4-10(2)19-14(21)9-23-17(22)15-11(3)20-16(24-15)12-5-7-13(18)8-6-12/h5-8,10H,4,9H2,1-3H3,(H,19,21)/t10-/m1/s1. The molecule has 0 bridgehead atoms. The second-order valence-corrected chi connectivity index (χ2v) is 6.39. The largest absolute Gasteiger partial charge is 0.451 e. The molecule has 1 aromatic heterocycles. The van der Waals surface area contributed by atoms with Crippen molar-refractivity contribution in [3.05, 3.63) is 40.7 Å². The number of hydrogen-bond donors (Lipinski definition) is 1. The molecule has 0 aliphatic rings. The Balaban J connectivity index is 2.02. The van der Waals surface area contributed by atoms with Gasteiger partial charge in [-0.05, 0) is 44.5 Å². The Hall–Kier alpha value is -2.28. The molecule has 2 rings (SSSR count). The quantitative estimate of drug-likeness (QED) is 0.812. The highest BCUT2D eigenvalue weighted by molar-refractivity contribution is 7.17. The van der Waals surface area contributed by atoms with Crippen LogP contribution >= 0.6 is 11.3 Å². The molecule has 1 N–H and O–H groups in total. The van der Waals surface area contributed by atoms with Crippen molar-refractivity contribution >= 4 is 23.2 Å². The third-order valence-electron chi connectivity index (χ3n) is 3.43. The predicted octanol–water partition coefficient (Wildman–Crippen LogP) is 3.33. The van der Waals surface area contributed by atoms with Crippen LogP contribution < -0.4 is 5.32 Å². The summed E-state index contributed by atoms with van der Waals surface area (Å²) in [5.74, 6) is -1.25. The fourth-order valence-corrected chi connectivity index (χ4v) is 2.88. The van der Waals surface area contributed by atoms with Crippen LogP contribution in [0.1, 0.15) is 35.6 Å². The van der Waals surface area contributed by atoms with Gasteiger partial charge in [0.2, 0.25) is 0 Å². The second-order valence-electron chi connectivity index (χ2n) is 5.39. The summed E-state index contributed by atoms with van der Waals surface area (Å²) in [7, 11) is 0. The molecule has 0 aliphatic carbocycles. The maximum absolute atomic E-state index is 13.0. The molecule has 1 amide bonds. The number of carbonyl (C=O) groups excluding carboxylic acids is 2. The zero-order chi connectivity index (χ0) is 17.7. The second kappa shape index (κ2) is 8.01. The van der Waals surface area contributed by atoms with E-state index in [1.807, 2.05) is 13.8 Å². The van der Waals surface area contributed by atoms with Crippen LogP contribution in [-0.2, 0) is 9.53 Å². The highest BCUT2D eigenvalue weighted by Gasteiger charge is 2.19. The fourth-order valence-electron chi connectivity index (χ4n) is 1.92. The summed E-state index contributed by atoms with van der Waals surface area (Å²) >= 11 is 1.16. The van der Waals surface area contributed by atoms with Gasteiger partial charge in [0, 0.05) is 11.6 Å². The molecule has 0 saturated carbocycles. The minimum Gasteiger partial charge on any atom is -0.451 e. The van der Waals surface area contributed by atoms with E-state index in [9.17, 15) is 14.0 Å². The number of rotatable bonds is 6. The molecule has 0 spiro atoms. The van der Waals surface area contributed by atoms with Gasteiger partial charge in [0.05, 0.1) is 5.69 Å². The molecule has 0 unspecified atom stereocenters. The van der Waals surface area contributed by atoms with E-state index in [-0.39, 0.29) is 24.4 Å². The molecule has 128 valence electrons. The van der Waals surface area contributed by atoms with Gasteiger partial charge in [0.15, 0.2) is 6.61 Å². The Bertz CT molecular complexity index is 728. The number of esters is 1. The molecule has 0 aliphatic heterocycles. The van der Waals surface area contributed by atoms with Crippen molar-refractivity contribution in [2.24, 2.45) is 0 Å². The van der Waals surface area contributed by atoms with E-state index in [0.29, 0.717) is 15.6 Å². The highest BCUT2D eigenvalue weighted by atomic mass is 32.1. The monoisotopic (exact) mass is 350 g/mol. The van der Waals surface area contributed by atoms with E-state index in [0.717, 1.165) is 23.3 Å². The summed E-state index contributed by atoms with van der Waals surface area (Å²) in [6.45, 7) is 5.20. The van der Waals surface area contributed by atoms with Crippen LogP contribution in [0.2, 0.25) is 0 Å². The molecule has 24 heavy (non-hydrogen) atoms. The van der Waals surface area contributed by atoms with Crippen molar-refractivity contribution in [3.63, 3.8) is 0 Å². The molecule has 5 nitrogen and oxygen atoms in total. The lowest BCUT2D eigenvalue weighted by atomic mass is 10.2. The minimum absolute atomic E-state index is 0.0337.